The molecule has 0 aliphatic carbocycles. The van der Waals surface area contributed by atoms with Gasteiger partial charge in [-0.15, -0.1) is 23.1 Å². The molecule has 100 valence electrons. The summed E-state index contributed by atoms with van der Waals surface area (Å²) in [4.78, 5) is 12.1. The number of carbonyl (C=O) groups is 1. The number of aromatic carboxylic acids is 1. The molecule has 1 atom stereocenters. The van der Waals surface area contributed by atoms with E-state index in [-0.39, 0.29) is 6.29 Å². The van der Waals surface area contributed by atoms with Gasteiger partial charge in [0.25, 0.3) is 0 Å². The molecule has 4 nitrogen and oxygen atoms in total. The highest BCUT2D eigenvalue weighted by molar-refractivity contribution is 7.99. The number of thioether (sulfide) groups is 1. The van der Waals surface area contributed by atoms with Gasteiger partial charge in [-0.25, -0.2) is 4.79 Å². The Morgan fingerprint density at radius 2 is 2.50 bits per heavy atom. The zero-order valence-electron chi connectivity index (χ0n) is 9.96. The molecular formula is C12H16O4S2. The van der Waals surface area contributed by atoms with Crippen molar-refractivity contribution in [3.05, 3.63) is 16.3 Å². The molecule has 1 N–H and O–H groups in total. The number of thiophene rings is 1. The molecule has 1 aromatic heterocycles. The van der Waals surface area contributed by atoms with E-state index in [1.165, 1.54) is 17.8 Å². The number of ether oxygens (including phenoxy) is 2. The number of hydrogen-bond acceptors (Lipinski definition) is 5. The van der Waals surface area contributed by atoms with Gasteiger partial charge in [-0.05, 0) is 25.3 Å². The van der Waals surface area contributed by atoms with E-state index >= 15 is 0 Å². The van der Waals surface area contributed by atoms with E-state index in [9.17, 15) is 4.79 Å². The minimum absolute atomic E-state index is 0.0450. The average Bonchev–Trinajstić information content (AvgIpc) is 2.85. The van der Waals surface area contributed by atoms with Gasteiger partial charge in [0.15, 0.2) is 6.29 Å². The first-order valence-corrected chi connectivity index (χ1v) is 7.80. The number of carboxylic acid groups (broad SMARTS) is 1. The first-order valence-electron chi connectivity index (χ1n) is 5.93. The van der Waals surface area contributed by atoms with Crippen LogP contribution >= 0.6 is 23.1 Å². The number of carboxylic acids is 1. The van der Waals surface area contributed by atoms with Gasteiger partial charge in [0.2, 0.25) is 0 Å². The van der Waals surface area contributed by atoms with Crippen molar-refractivity contribution in [3.8, 4) is 0 Å². The van der Waals surface area contributed by atoms with Crippen molar-refractivity contribution < 1.29 is 19.4 Å². The zero-order valence-corrected chi connectivity index (χ0v) is 11.6. The number of rotatable bonds is 6. The van der Waals surface area contributed by atoms with E-state index < -0.39 is 5.97 Å². The van der Waals surface area contributed by atoms with Crippen molar-refractivity contribution in [2.45, 2.75) is 30.4 Å². The molecule has 0 bridgehead atoms. The molecule has 2 heterocycles. The third-order valence-electron chi connectivity index (χ3n) is 2.58. The van der Waals surface area contributed by atoms with Crippen LogP contribution in [0.3, 0.4) is 0 Å². The molecule has 1 unspecified atom stereocenters. The van der Waals surface area contributed by atoms with Crippen LogP contribution in [0.25, 0.3) is 0 Å². The van der Waals surface area contributed by atoms with Gasteiger partial charge in [0, 0.05) is 22.6 Å². The fourth-order valence-electron chi connectivity index (χ4n) is 1.69. The minimum Gasteiger partial charge on any atom is -0.477 e. The molecule has 0 radical (unpaired) electrons. The third-order valence-corrected chi connectivity index (χ3v) is 4.59. The molecule has 2 rings (SSSR count). The Kier molecular flexibility index (Phi) is 5.49. The molecule has 0 spiro atoms. The van der Waals surface area contributed by atoms with Crippen LogP contribution in [0.15, 0.2) is 16.3 Å². The Balaban J connectivity index is 1.63. The molecule has 0 saturated carbocycles. The van der Waals surface area contributed by atoms with Crippen LogP contribution in [0.2, 0.25) is 0 Å². The molecule has 6 heteroatoms. The normalized spacial score (nSPS) is 19.9. The van der Waals surface area contributed by atoms with Crippen LogP contribution in [0.1, 0.15) is 28.9 Å². The quantitative estimate of drug-likeness (QED) is 0.644. The average molecular weight is 288 g/mol. The lowest BCUT2D eigenvalue weighted by atomic mass is 10.2. The second-order valence-electron chi connectivity index (χ2n) is 3.97. The van der Waals surface area contributed by atoms with Gasteiger partial charge in [-0.1, -0.05) is 0 Å². The SMILES string of the molecule is O=C(O)c1cc(SCCOC2CCCCO2)cs1. The first kappa shape index (κ1) is 13.9. The summed E-state index contributed by atoms with van der Waals surface area (Å²) in [7, 11) is 0. The van der Waals surface area contributed by atoms with Crippen LogP contribution in [-0.2, 0) is 9.47 Å². The molecule has 0 amide bonds. The monoisotopic (exact) mass is 288 g/mol. The largest absolute Gasteiger partial charge is 0.477 e. The zero-order chi connectivity index (χ0) is 12.8. The first-order chi connectivity index (χ1) is 8.75. The topological polar surface area (TPSA) is 55.8 Å². The second-order valence-corrected chi connectivity index (χ2v) is 6.05. The van der Waals surface area contributed by atoms with Crippen molar-refractivity contribution in [1.29, 1.82) is 0 Å². The summed E-state index contributed by atoms with van der Waals surface area (Å²) in [5, 5.41) is 10.7. The maximum absolute atomic E-state index is 10.7. The Bertz CT molecular complexity index is 385. The van der Waals surface area contributed by atoms with Gasteiger partial charge >= 0.3 is 5.97 Å². The lowest BCUT2D eigenvalue weighted by Gasteiger charge is -2.22. The second kappa shape index (κ2) is 7.13. The molecule has 1 saturated heterocycles. The highest BCUT2D eigenvalue weighted by Gasteiger charge is 2.13. The summed E-state index contributed by atoms with van der Waals surface area (Å²) in [6.07, 6.45) is 3.23. The third kappa shape index (κ3) is 4.28. The van der Waals surface area contributed by atoms with Crippen LogP contribution in [-0.4, -0.2) is 36.3 Å². The fourth-order valence-corrected chi connectivity index (χ4v) is 3.40. The smallest absolute Gasteiger partial charge is 0.345 e. The summed E-state index contributed by atoms with van der Waals surface area (Å²) in [5.74, 6) is -0.0472. The van der Waals surface area contributed by atoms with E-state index in [2.05, 4.69) is 0 Å². The highest BCUT2D eigenvalue weighted by atomic mass is 32.2. The maximum atomic E-state index is 10.7. The summed E-state index contributed by atoms with van der Waals surface area (Å²) < 4.78 is 11.1. The van der Waals surface area contributed by atoms with Crippen molar-refractivity contribution in [1.82, 2.24) is 0 Å². The maximum Gasteiger partial charge on any atom is 0.345 e. The van der Waals surface area contributed by atoms with Gasteiger partial charge in [0.05, 0.1) is 6.61 Å². The van der Waals surface area contributed by atoms with Gasteiger partial charge in [0.1, 0.15) is 4.88 Å². The summed E-state index contributed by atoms with van der Waals surface area (Å²) >= 11 is 2.87. The lowest BCUT2D eigenvalue weighted by Crippen LogP contribution is -2.23. The van der Waals surface area contributed by atoms with Crippen molar-refractivity contribution in [3.63, 3.8) is 0 Å². The Morgan fingerprint density at radius 3 is 3.17 bits per heavy atom. The lowest BCUT2D eigenvalue weighted by molar-refractivity contribution is -0.158. The van der Waals surface area contributed by atoms with E-state index in [0.717, 1.165) is 30.1 Å². The summed E-state index contributed by atoms with van der Waals surface area (Å²) in [6.45, 7) is 1.43. The Hall–Kier alpha value is -0.560. The minimum atomic E-state index is -0.862. The van der Waals surface area contributed by atoms with Crippen molar-refractivity contribution >= 4 is 29.1 Å². The molecule has 1 aliphatic rings. The summed E-state index contributed by atoms with van der Waals surface area (Å²) in [6, 6.07) is 1.70. The van der Waals surface area contributed by atoms with E-state index in [1.54, 1.807) is 17.8 Å². The molecular weight excluding hydrogens is 272 g/mol. The van der Waals surface area contributed by atoms with Crippen LogP contribution in [0, 0.1) is 0 Å². The van der Waals surface area contributed by atoms with E-state index in [1.807, 2.05) is 5.38 Å². The van der Waals surface area contributed by atoms with Gasteiger partial charge in [-0.2, -0.15) is 0 Å². The van der Waals surface area contributed by atoms with Gasteiger partial charge in [-0.3, -0.25) is 0 Å². The van der Waals surface area contributed by atoms with Crippen molar-refractivity contribution in [2.75, 3.05) is 19.0 Å². The molecule has 1 aromatic rings. The molecule has 0 aromatic carbocycles. The molecule has 1 fully saturated rings. The number of hydrogen-bond donors (Lipinski definition) is 1. The summed E-state index contributed by atoms with van der Waals surface area (Å²) in [5.41, 5.74) is 0. The van der Waals surface area contributed by atoms with E-state index in [4.69, 9.17) is 14.6 Å². The predicted molar refractivity (Wildman–Crippen MR) is 71.5 cm³/mol. The van der Waals surface area contributed by atoms with Crippen LogP contribution < -0.4 is 0 Å². The van der Waals surface area contributed by atoms with Crippen LogP contribution in [0.4, 0.5) is 0 Å². The highest BCUT2D eigenvalue weighted by Crippen LogP contribution is 2.25. The Morgan fingerprint density at radius 1 is 1.61 bits per heavy atom. The molecule has 18 heavy (non-hydrogen) atoms. The molecule has 1 aliphatic heterocycles. The predicted octanol–water partition coefficient (Wildman–Crippen LogP) is 3.08. The fraction of sp³-hybridized carbons (Fsp3) is 0.583. The van der Waals surface area contributed by atoms with Crippen LogP contribution in [0.5, 0.6) is 0 Å². The van der Waals surface area contributed by atoms with Gasteiger partial charge < -0.3 is 14.6 Å². The standard InChI is InChI=1S/C12H16O4S2/c13-12(14)10-7-9(8-18-10)17-6-5-16-11-3-1-2-4-15-11/h7-8,11H,1-6H2,(H,13,14). The van der Waals surface area contributed by atoms with Crippen molar-refractivity contribution in [2.24, 2.45) is 0 Å². The Labute approximate surface area is 114 Å². The van der Waals surface area contributed by atoms with E-state index in [0.29, 0.717) is 11.5 Å².